The number of epoxide rings is 1. The van der Waals surface area contributed by atoms with Gasteiger partial charge in [-0.25, -0.2) is 4.99 Å². The molecule has 2 heterocycles. The molecule has 0 aromatic carbocycles. The van der Waals surface area contributed by atoms with Crippen LogP contribution in [0.1, 0.15) is 40.5 Å². The van der Waals surface area contributed by atoms with Gasteiger partial charge in [0.25, 0.3) is 0 Å². The zero-order valence-electron chi connectivity index (χ0n) is 9.46. The van der Waals surface area contributed by atoms with Crippen LogP contribution in [0.5, 0.6) is 0 Å². The quantitative estimate of drug-likeness (QED) is 0.650. The summed E-state index contributed by atoms with van der Waals surface area (Å²) in [5.41, 5.74) is -0.0340. The fourth-order valence-electron chi connectivity index (χ4n) is 2.01. The molecule has 1 saturated heterocycles. The van der Waals surface area contributed by atoms with Crippen LogP contribution in [0.4, 0.5) is 0 Å². The predicted octanol–water partition coefficient (Wildman–Crippen LogP) is 2.15. The normalized spacial score (nSPS) is 32.3. The summed E-state index contributed by atoms with van der Waals surface area (Å²) in [4.78, 5) is 4.54. The molecule has 80 valence electrons. The molecule has 0 radical (unpaired) electrons. The van der Waals surface area contributed by atoms with E-state index in [-0.39, 0.29) is 17.2 Å². The maximum atomic E-state index is 5.72. The van der Waals surface area contributed by atoms with Crippen LogP contribution in [0.25, 0.3) is 0 Å². The lowest BCUT2D eigenvalue weighted by atomic mass is 9.99. The van der Waals surface area contributed by atoms with Gasteiger partial charge in [0.05, 0.1) is 5.54 Å². The van der Waals surface area contributed by atoms with E-state index in [9.17, 15) is 0 Å². The molecule has 0 N–H and O–H groups in total. The number of hydrogen-bond donors (Lipinski definition) is 0. The first-order valence-electron chi connectivity index (χ1n) is 5.43. The van der Waals surface area contributed by atoms with Gasteiger partial charge in [0.1, 0.15) is 12.2 Å². The summed E-state index contributed by atoms with van der Waals surface area (Å²) >= 11 is 0. The second-order valence-corrected chi connectivity index (χ2v) is 4.82. The van der Waals surface area contributed by atoms with Crippen molar-refractivity contribution >= 4 is 5.90 Å². The molecule has 2 aliphatic rings. The van der Waals surface area contributed by atoms with E-state index in [2.05, 4.69) is 32.7 Å². The minimum Gasteiger partial charge on any atom is -0.476 e. The van der Waals surface area contributed by atoms with Crippen LogP contribution >= 0.6 is 0 Å². The molecular formula is C11H19NO2. The molecule has 2 rings (SSSR count). The van der Waals surface area contributed by atoms with E-state index in [1.807, 2.05) is 0 Å². The highest BCUT2D eigenvalue weighted by atomic mass is 16.6. The van der Waals surface area contributed by atoms with Gasteiger partial charge in [0.15, 0.2) is 6.10 Å². The fraction of sp³-hybridized carbons (Fsp3) is 0.909. The number of ether oxygens (including phenoxy) is 2. The molecule has 1 atom stereocenters. The highest BCUT2D eigenvalue weighted by Crippen LogP contribution is 2.45. The topological polar surface area (TPSA) is 34.1 Å². The molecule has 3 heteroatoms. The Kier molecular flexibility index (Phi) is 2.11. The molecule has 2 aliphatic heterocycles. The van der Waals surface area contributed by atoms with Crippen molar-refractivity contribution in [2.24, 2.45) is 4.99 Å². The van der Waals surface area contributed by atoms with E-state index in [0.29, 0.717) is 6.61 Å². The molecule has 3 nitrogen and oxygen atoms in total. The Hall–Kier alpha value is -0.570. The third-order valence-corrected chi connectivity index (χ3v) is 3.18. The summed E-state index contributed by atoms with van der Waals surface area (Å²) in [6.45, 7) is 9.17. The third kappa shape index (κ3) is 1.44. The first-order valence-corrected chi connectivity index (χ1v) is 5.43. The lowest BCUT2D eigenvalue weighted by Crippen LogP contribution is -2.19. The van der Waals surface area contributed by atoms with Gasteiger partial charge in [-0.3, -0.25) is 0 Å². The van der Waals surface area contributed by atoms with Gasteiger partial charge in [-0.05, 0) is 26.7 Å². The van der Waals surface area contributed by atoms with E-state index in [4.69, 9.17) is 9.47 Å². The second-order valence-electron chi connectivity index (χ2n) is 4.82. The SMILES string of the molecule is CCC1(CC)O[C@@H]1C1=NC(C)(C)CO1. The van der Waals surface area contributed by atoms with Gasteiger partial charge in [-0.15, -0.1) is 0 Å². The summed E-state index contributed by atoms with van der Waals surface area (Å²) in [6.07, 6.45) is 2.20. The Morgan fingerprint density at radius 3 is 2.36 bits per heavy atom. The maximum Gasteiger partial charge on any atom is 0.217 e. The van der Waals surface area contributed by atoms with Gasteiger partial charge in [0.2, 0.25) is 5.90 Å². The van der Waals surface area contributed by atoms with Crippen molar-refractivity contribution in [1.82, 2.24) is 0 Å². The zero-order valence-corrected chi connectivity index (χ0v) is 9.46. The molecule has 0 spiro atoms. The predicted molar refractivity (Wildman–Crippen MR) is 55.7 cm³/mol. The van der Waals surface area contributed by atoms with Crippen LogP contribution in [0, 0.1) is 0 Å². The molecule has 0 unspecified atom stereocenters. The third-order valence-electron chi connectivity index (χ3n) is 3.18. The number of aliphatic imine (C=N–C) groups is 1. The lowest BCUT2D eigenvalue weighted by Gasteiger charge is -2.07. The highest BCUT2D eigenvalue weighted by Gasteiger charge is 2.58. The van der Waals surface area contributed by atoms with E-state index < -0.39 is 0 Å². The van der Waals surface area contributed by atoms with Gasteiger partial charge in [-0.1, -0.05) is 13.8 Å². The smallest absolute Gasteiger partial charge is 0.217 e. The summed E-state index contributed by atoms with van der Waals surface area (Å²) in [5.74, 6) is 0.818. The summed E-state index contributed by atoms with van der Waals surface area (Å²) < 4.78 is 11.3. The largest absolute Gasteiger partial charge is 0.476 e. The lowest BCUT2D eigenvalue weighted by molar-refractivity contribution is 0.260. The second kappa shape index (κ2) is 2.96. The fourth-order valence-corrected chi connectivity index (χ4v) is 2.01. The van der Waals surface area contributed by atoms with Crippen LogP contribution in [0.3, 0.4) is 0 Å². The van der Waals surface area contributed by atoms with Crippen molar-refractivity contribution in [2.45, 2.75) is 57.8 Å². The van der Waals surface area contributed by atoms with Crippen molar-refractivity contribution in [2.75, 3.05) is 6.61 Å². The van der Waals surface area contributed by atoms with Crippen molar-refractivity contribution in [3.63, 3.8) is 0 Å². The van der Waals surface area contributed by atoms with Crippen molar-refractivity contribution in [1.29, 1.82) is 0 Å². The van der Waals surface area contributed by atoms with Gasteiger partial charge < -0.3 is 9.47 Å². The van der Waals surface area contributed by atoms with Crippen LogP contribution in [-0.2, 0) is 9.47 Å². The average Bonchev–Trinajstić information content (AvgIpc) is 2.78. The number of nitrogens with zero attached hydrogens (tertiary/aromatic N) is 1. The molecule has 0 aromatic rings. The molecule has 1 fully saturated rings. The molecule has 14 heavy (non-hydrogen) atoms. The van der Waals surface area contributed by atoms with Gasteiger partial charge in [-0.2, -0.15) is 0 Å². The zero-order chi connectivity index (χ0) is 10.4. The minimum atomic E-state index is -0.0610. The number of hydrogen-bond acceptors (Lipinski definition) is 3. The Labute approximate surface area is 85.5 Å². The molecule has 0 aliphatic carbocycles. The van der Waals surface area contributed by atoms with Crippen molar-refractivity contribution < 1.29 is 9.47 Å². The Morgan fingerprint density at radius 1 is 1.36 bits per heavy atom. The Balaban J connectivity index is 2.07. The standard InChI is InChI=1S/C11H19NO2/c1-5-11(6-2)8(14-11)9-12-10(3,4)7-13-9/h8H,5-7H2,1-4H3/t8-/m1/s1. The Bertz CT molecular complexity index is 266. The van der Waals surface area contributed by atoms with Crippen LogP contribution < -0.4 is 0 Å². The van der Waals surface area contributed by atoms with Gasteiger partial charge in [0, 0.05) is 0 Å². The molecule has 0 bridgehead atoms. The van der Waals surface area contributed by atoms with E-state index >= 15 is 0 Å². The maximum absolute atomic E-state index is 5.72. The Morgan fingerprint density at radius 2 is 2.00 bits per heavy atom. The van der Waals surface area contributed by atoms with Crippen LogP contribution in [0.2, 0.25) is 0 Å². The minimum absolute atomic E-state index is 0.0270. The van der Waals surface area contributed by atoms with E-state index in [1.165, 1.54) is 0 Å². The van der Waals surface area contributed by atoms with E-state index in [0.717, 1.165) is 18.7 Å². The molecule has 0 saturated carbocycles. The first-order chi connectivity index (χ1) is 6.53. The van der Waals surface area contributed by atoms with Gasteiger partial charge >= 0.3 is 0 Å². The van der Waals surface area contributed by atoms with E-state index in [1.54, 1.807) is 0 Å². The highest BCUT2D eigenvalue weighted by molar-refractivity contribution is 5.86. The monoisotopic (exact) mass is 197 g/mol. The summed E-state index contributed by atoms with van der Waals surface area (Å²) in [5, 5.41) is 0. The average molecular weight is 197 g/mol. The number of rotatable bonds is 3. The summed E-state index contributed by atoms with van der Waals surface area (Å²) in [7, 11) is 0. The molecular weight excluding hydrogens is 178 g/mol. The first kappa shape index (κ1) is 9.97. The van der Waals surface area contributed by atoms with Crippen LogP contribution in [0.15, 0.2) is 4.99 Å². The van der Waals surface area contributed by atoms with Crippen molar-refractivity contribution in [3.8, 4) is 0 Å². The molecule has 0 aromatic heterocycles. The van der Waals surface area contributed by atoms with Crippen LogP contribution in [-0.4, -0.2) is 29.7 Å². The summed E-state index contributed by atoms with van der Waals surface area (Å²) in [6, 6.07) is 0. The molecule has 0 amide bonds. The van der Waals surface area contributed by atoms with Crippen molar-refractivity contribution in [3.05, 3.63) is 0 Å².